The lowest BCUT2D eigenvalue weighted by molar-refractivity contribution is 0.0951. The van der Waals surface area contributed by atoms with Crippen molar-refractivity contribution in [1.82, 2.24) is 10.6 Å². The van der Waals surface area contributed by atoms with E-state index in [1.807, 2.05) is 30.3 Å². The van der Waals surface area contributed by atoms with E-state index in [-0.39, 0.29) is 24.2 Å². The van der Waals surface area contributed by atoms with E-state index in [1.165, 1.54) is 6.42 Å². The zero-order chi connectivity index (χ0) is 18.4. The zero-order valence-corrected chi connectivity index (χ0v) is 16.3. The van der Waals surface area contributed by atoms with Gasteiger partial charge in [-0.15, -0.1) is 12.4 Å². The van der Waals surface area contributed by atoms with Crippen LogP contribution in [-0.4, -0.2) is 38.5 Å². The molecule has 6 heteroatoms. The van der Waals surface area contributed by atoms with Crippen molar-refractivity contribution in [2.24, 2.45) is 5.92 Å². The molecule has 0 bridgehead atoms. The lowest BCUT2D eigenvalue weighted by Crippen LogP contribution is -2.28. The minimum absolute atomic E-state index is 0. The second-order valence-electron chi connectivity index (χ2n) is 6.68. The summed E-state index contributed by atoms with van der Waals surface area (Å²) in [6.45, 7) is 2.76. The predicted octanol–water partition coefficient (Wildman–Crippen LogP) is 3.11. The van der Waals surface area contributed by atoms with Crippen molar-refractivity contribution in [2.45, 2.75) is 12.8 Å². The molecule has 2 N–H and O–H groups in total. The highest BCUT2D eigenvalue weighted by atomic mass is 35.5. The Hall–Kier alpha value is -2.37. The lowest BCUT2D eigenvalue weighted by Gasteiger charge is -2.17. The zero-order valence-electron chi connectivity index (χ0n) is 15.5. The third-order valence-electron chi connectivity index (χ3n) is 4.82. The average Bonchev–Trinajstić information content (AvgIpc) is 3.21. The molecular formula is C21H26ClN3O2. The summed E-state index contributed by atoms with van der Waals surface area (Å²) in [5.41, 5.74) is 1.84. The van der Waals surface area contributed by atoms with E-state index >= 15 is 0 Å². The number of rotatable bonds is 6. The number of hydrogen-bond donors (Lipinski definition) is 2. The highest BCUT2D eigenvalue weighted by molar-refractivity contribution is 6.07. The molecule has 0 aromatic heterocycles. The Labute approximate surface area is 166 Å². The molecule has 0 aliphatic carbocycles. The van der Waals surface area contributed by atoms with Crippen LogP contribution in [-0.2, 0) is 0 Å². The molecule has 1 aliphatic heterocycles. The number of anilines is 1. The van der Waals surface area contributed by atoms with E-state index in [2.05, 4.69) is 10.6 Å². The molecule has 2 aromatic rings. The maximum atomic E-state index is 12.7. The lowest BCUT2D eigenvalue weighted by atomic mass is 10.0. The number of carbonyl (C=O) groups excluding carboxylic acids is 2. The summed E-state index contributed by atoms with van der Waals surface area (Å²) in [5, 5.41) is 6.29. The Morgan fingerprint density at radius 3 is 2.56 bits per heavy atom. The van der Waals surface area contributed by atoms with Crippen molar-refractivity contribution in [3.8, 4) is 0 Å². The van der Waals surface area contributed by atoms with Crippen LogP contribution in [0.3, 0.4) is 0 Å². The number of carbonyl (C=O) groups is 2. The van der Waals surface area contributed by atoms with Gasteiger partial charge in [-0.3, -0.25) is 9.59 Å². The molecule has 0 saturated carbocycles. The van der Waals surface area contributed by atoms with Crippen LogP contribution in [0.1, 0.15) is 33.6 Å². The van der Waals surface area contributed by atoms with Crippen molar-refractivity contribution in [3.05, 3.63) is 65.7 Å². The van der Waals surface area contributed by atoms with Gasteiger partial charge in [-0.1, -0.05) is 24.3 Å². The molecule has 2 amide bonds. The average molecular weight is 388 g/mol. The van der Waals surface area contributed by atoms with Crippen LogP contribution in [0, 0.1) is 5.92 Å². The van der Waals surface area contributed by atoms with E-state index in [1.54, 1.807) is 36.2 Å². The summed E-state index contributed by atoms with van der Waals surface area (Å²) in [6.07, 6.45) is 2.15. The van der Waals surface area contributed by atoms with Gasteiger partial charge in [-0.25, -0.2) is 0 Å². The van der Waals surface area contributed by atoms with Gasteiger partial charge in [-0.05, 0) is 62.2 Å². The van der Waals surface area contributed by atoms with Crippen LogP contribution >= 0.6 is 12.4 Å². The largest absolute Gasteiger partial charge is 0.352 e. The van der Waals surface area contributed by atoms with Crippen LogP contribution in [0.4, 0.5) is 5.69 Å². The Morgan fingerprint density at radius 1 is 1.11 bits per heavy atom. The van der Waals surface area contributed by atoms with Crippen molar-refractivity contribution in [2.75, 3.05) is 31.6 Å². The number of nitrogens with one attached hydrogen (secondary N) is 2. The van der Waals surface area contributed by atoms with Crippen molar-refractivity contribution < 1.29 is 9.59 Å². The number of para-hydroxylation sites is 1. The van der Waals surface area contributed by atoms with Crippen molar-refractivity contribution in [1.29, 1.82) is 0 Å². The first-order valence-electron chi connectivity index (χ1n) is 9.07. The van der Waals surface area contributed by atoms with Crippen molar-refractivity contribution in [3.63, 3.8) is 0 Å². The summed E-state index contributed by atoms with van der Waals surface area (Å²) < 4.78 is 0. The summed E-state index contributed by atoms with van der Waals surface area (Å²) >= 11 is 0. The van der Waals surface area contributed by atoms with Gasteiger partial charge in [0.15, 0.2) is 0 Å². The molecule has 1 fully saturated rings. The molecule has 144 valence electrons. The monoisotopic (exact) mass is 387 g/mol. The fourth-order valence-corrected chi connectivity index (χ4v) is 3.21. The number of nitrogens with zero attached hydrogens (tertiary/aromatic N) is 1. The van der Waals surface area contributed by atoms with E-state index in [9.17, 15) is 9.59 Å². The Balaban J connectivity index is 0.00000261. The van der Waals surface area contributed by atoms with Gasteiger partial charge in [0.1, 0.15) is 0 Å². The maximum Gasteiger partial charge on any atom is 0.258 e. The van der Waals surface area contributed by atoms with Gasteiger partial charge in [0.25, 0.3) is 11.8 Å². The summed E-state index contributed by atoms with van der Waals surface area (Å²) in [6, 6.07) is 16.4. The van der Waals surface area contributed by atoms with Crippen LogP contribution in [0.2, 0.25) is 0 Å². The minimum atomic E-state index is -0.136. The van der Waals surface area contributed by atoms with E-state index in [0.29, 0.717) is 23.6 Å². The first-order valence-corrected chi connectivity index (χ1v) is 9.07. The molecular weight excluding hydrogens is 362 g/mol. The molecule has 1 atom stereocenters. The van der Waals surface area contributed by atoms with E-state index in [4.69, 9.17) is 0 Å². The van der Waals surface area contributed by atoms with Gasteiger partial charge in [0.2, 0.25) is 0 Å². The third kappa shape index (κ3) is 5.55. The number of benzene rings is 2. The second-order valence-corrected chi connectivity index (χ2v) is 6.68. The van der Waals surface area contributed by atoms with Crippen LogP contribution in [0.5, 0.6) is 0 Å². The highest BCUT2D eigenvalue weighted by Crippen LogP contribution is 2.16. The second kappa shape index (κ2) is 10.1. The summed E-state index contributed by atoms with van der Waals surface area (Å²) in [5.74, 6) is 0.374. The number of amides is 2. The van der Waals surface area contributed by atoms with Gasteiger partial charge in [-0.2, -0.15) is 0 Å². The smallest absolute Gasteiger partial charge is 0.258 e. The van der Waals surface area contributed by atoms with Gasteiger partial charge in [0.05, 0.1) is 0 Å². The fourth-order valence-electron chi connectivity index (χ4n) is 3.21. The first kappa shape index (κ1) is 20.9. The quantitative estimate of drug-likeness (QED) is 0.800. The van der Waals surface area contributed by atoms with Crippen molar-refractivity contribution >= 4 is 29.9 Å². The molecule has 3 rings (SSSR count). The molecule has 1 heterocycles. The fraction of sp³-hybridized carbons (Fsp3) is 0.333. The molecule has 1 aliphatic rings. The van der Waals surface area contributed by atoms with Crippen LogP contribution < -0.4 is 15.5 Å². The highest BCUT2D eigenvalue weighted by Gasteiger charge is 2.17. The summed E-state index contributed by atoms with van der Waals surface area (Å²) in [7, 11) is 1.74. The Kier molecular flexibility index (Phi) is 7.82. The van der Waals surface area contributed by atoms with Gasteiger partial charge < -0.3 is 15.5 Å². The molecule has 1 saturated heterocycles. The standard InChI is InChI=1S/C21H25N3O2.ClH/c1-24(19-8-3-2-4-9-19)21(26)18-7-5-6-17(14-18)20(25)23-13-11-16-10-12-22-15-16;/h2-9,14,16,22H,10-13,15H2,1H3,(H,23,25);1H. The molecule has 0 radical (unpaired) electrons. The molecule has 2 aromatic carbocycles. The first-order chi connectivity index (χ1) is 12.6. The minimum Gasteiger partial charge on any atom is -0.352 e. The number of halogens is 1. The van der Waals surface area contributed by atoms with E-state index in [0.717, 1.165) is 25.2 Å². The SMILES string of the molecule is CN(C(=O)c1cccc(C(=O)NCCC2CCNC2)c1)c1ccccc1.Cl. The Morgan fingerprint density at radius 2 is 1.85 bits per heavy atom. The Bertz CT molecular complexity index is 761. The molecule has 1 unspecified atom stereocenters. The molecule has 27 heavy (non-hydrogen) atoms. The predicted molar refractivity (Wildman–Crippen MR) is 111 cm³/mol. The molecule has 0 spiro atoms. The summed E-state index contributed by atoms with van der Waals surface area (Å²) in [4.78, 5) is 26.7. The third-order valence-corrected chi connectivity index (χ3v) is 4.82. The van der Waals surface area contributed by atoms with Gasteiger partial charge in [0, 0.05) is 30.4 Å². The molecule has 5 nitrogen and oxygen atoms in total. The van der Waals surface area contributed by atoms with Gasteiger partial charge >= 0.3 is 0 Å². The van der Waals surface area contributed by atoms with E-state index < -0.39 is 0 Å². The van der Waals surface area contributed by atoms with Crippen LogP contribution in [0.15, 0.2) is 54.6 Å². The van der Waals surface area contributed by atoms with Crippen LogP contribution in [0.25, 0.3) is 0 Å². The number of hydrogen-bond acceptors (Lipinski definition) is 3. The normalized spacial score (nSPS) is 15.7. The topological polar surface area (TPSA) is 61.4 Å². The maximum absolute atomic E-state index is 12.7.